The van der Waals surface area contributed by atoms with Gasteiger partial charge in [0, 0.05) is 36.9 Å². The van der Waals surface area contributed by atoms with Gasteiger partial charge in [-0.1, -0.05) is 12.1 Å². The summed E-state index contributed by atoms with van der Waals surface area (Å²) >= 11 is 0. The zero-order valence-corrected chi connectivity index (χ0v) is 18.6. The lowest BCUT2D eigenvalue weighted by Crippen LogP contribution is -2.47. The van der Waals surface area contributed by atoms with Crippen molar-refractivity contribution >= 4 is 11.7 Å². The summed E-state index contributed by atoms with van der Waals surface area (Å²) in [5.74, 6) is 1.86. The number of anilines is 1. The van der Waals surface area contributed by atoms with E-state index in [9.17, 15) is 4.79 Å². The van der Waals surface area contributed by atoms with Crippen LogP contribution in [0.1, 0.15) is 48.5 Å². The molecule has 0 radical (unpaired) electrons. The molecule has 2 aromatic rings. The molecule has 8 nitrogen and oxygen atoms in total. The van der Waals surface area contributed by atoms with E-state index in [2.05, 4.69) is 31.0 Å². The number of hydrogen-bond donors (Lipinski definition) is 3. The number of benzene rings is 1. The van der Waals surface area contributed by atoms with Crippen molar-refractivity contribution < 1.29 is 9.53 Å². The minimum absolute atomic E-state index is 0.0715. The number of nitrogens with one attached hydrogen (secondary N) is 3. The van der Waals surface area contributed by atoms with Gasteiger partial charge >= 0.3 is 0 Å². The van der Waals surface area contributed by atoms with E-state index in [0.717, 1.165) is 55.9 Å². The summed E-state index contributed by atoms with van der Waals surface area (Å²) in [6, 6.07) is 8.04. The number of methoxy groups -OCH3 is 1. The molecular weight excluding hydrogens is 404 g/mol. The van der Waals surface area contributed by atoms with Gasteiger partial charge in [0.15, 0.2) is 0 Å². The van der Waals surface area contributed by atoms with Crippen LogP contribution in [0.4, 0.5) is 5.82 Å². The third-order valence-electron chi connectivity index (χ3n) is 7.01. The third-order valence-corrected chi connectivity index (χ3v) is 7.01. The molecule has 3 N–H and O–H groups in total. The largest absolute Gasteiger partial charge is 0.497 e. The molecular formula is C24H32N6O2. The standard InChI is InChI=1S/C24H32N6O2/c1-32-18-6-4-5-16(13-18)22-20(14-27-29-22)24(31)28-17-9-11-30(12-10-17)23-19-7-2-3-8-21(19)25-15-26-23/h4-6,13,15,17,20,22,27,29H,2-3,7-12,14H2,1H3,(H,28,31). The first-order valence-corrected chi connectivity index (χ1v) is 11.7. The van der Waals surface area contributed by atoms with Crippen LogP contribution in [0.25, 0.3) is 0 Å². The van der Waals surface area contributed by atoms with Crippen LogP contribution in [-0.4, -0.2) is 48.7 Å². The van der Waals surface area contributed by atoms with Gasteiger partial charge in [0.2, 0.25) is 5.91 Å². The van der Waals surface area contributed by atoms with Crippen molar-refractivity contribution in [2.24, 2.45) is 5.92 Å². The van der Waals surface area contributed by atoms with Crippen molar-refractivity contribution in [3.8, 4) is 5.75 Å². The minimum atomic E-state index is -0.158. The monoisotopic (exact) mass is 436 g/mol. The van der Waals surface area contributed by atoms with Gasteiger partial charge in [-0.25, -0.2) is 15.4 Å². The molecule has 1 aliphatic carbocycles. The van der Waals surface area contributed by atoms with E-state index in [1.54, 1.807) is 13.4 Å². The van der Waals surface area contributed by atoms with Crippen LogP contribution in [0.2, 0.25) is 0 Å². The molecule has 2 fully saturated rings. The number of fused-ring (bicyclic) bond motifs is 1. The average Bonchev–Trinajstić information content (AvgIpc) is 3.35. The first-order chi connectivity index (χ1) is 15.7. The van der Waals surface area contributed by atoms with E-state index in [0.29, 0.717) is 6.54 Å². The molecule has 170 valence electrons. The van der Waals surface area contributed by atoms with Gasteiger partial charge in [0.05, 0.1) is 19.1 Å². The zero-order chi connectivity index (χ0) is 21.9. The van der Waals surface area contributed by atoms with Gasteiger partial charge in [0.1, 0.15) is 17.9 Å². The quantitative estimate of drug-likeness (QED) is 0.660. The highest BCUT2D eigenvalue weighted by molar-refractivity contribution is 5.80. The molecule has 32 heavy (non-hydrogen) atoms. The van der Waals surface area contributed by atoms with Crippen LogP contribution >= 0.6 is 0 Å². The maximum Gasteiger partial charge on any atom is 0.226 e. The molecule has 2 saturated heterocycles. The van der Waals surface area contributed by atoms with Gasteiger partial charge in [0.25, 0.3) is 0 Å². The summed E-state index contributed by atoms with van der Waals surface area (Å²) in [5, 5.41) is 3.31. The molecule has 2 atom stereocenters. The number of aryl methyl sites for hydroxylation is 1. The van der Waals surface area contributed by atoms with E-state index >= 15 is 0 Å². The van der Waals surface area contributed by atoms with E-state index < -0.39 is 0 Å². The van der Waals surface area contributed by atoms with Crippen molar-refractivity contribution in [2.75, 3.05) is 31.6 Å². The van der Waals surface area contributed by atoms with Crippen molar-refractivity contribution in [3.05, 3.63) is 47.4 Å². The second-order valence-electron chi connectivity index (χ2n) is 8.99. The number of rotatable bonds is 5. The minimum Gasteiger partial charge on any atom is -0.497 e. The lowest BCUT2D eigenvalue weighted by Gasteiger charge is -2.35. The van der Waals surface area contributed by atoms with Crippen LogP contribution in [0.3, 0.4) is 0 Å². The van der Waals surface area contributed by atoms with Crippen molar-refractivity contribution in [1.82, 2.24) is 26.1 Å². The van der Waals surface area contributed by atoms with Crippen molar-refractivity contribution in [1.29, 1.82) is 0 Å². The van der Waals surface area contributed by atoms with Crippen molar-refractivity contribution in [2.45, 2.75) is 50.6 Å². The summed E-state index contributed by atoms with van der Waals surface area (Å²) in [4.78, 5) is 24.6. The fourth-order valence-electron chi connectivity index (χ4n) is 5.21. The number of piperidine rings is 1. The van der Waals surface area contributed by atoms with Gasteiger partial charge in [-0.2, -0.15) is 0 Å². The number of aromatic nitrogens is 2. The number of carbonyl (C=O) groups excluding carboxylic acids is 1. The normalized spacial score (nSPS) is 23.6. The smallest absolute Gasteiger partial charge is 0.226 e. The number of amides is 1. The maximum absolute atomic E-state index is 13.1. The maximum atomic E-state index is 13.1. The molecule has 0 saturated carbocycles. The summed E-state index contributed by atoms with van der Waals surface area (Å²) in [6.45, 7) is 2.43. The third kappa shape index (κ3) is 4.29. The highest BCUT2D eigenvalue weighted by atomic mass is 16.5. The number of hydrogen-bond acceptors (Lipinski definition) is 7. The molecule has 3 aliphatic rings. The SMILES string of the molecule is COc1cccc(C2NNCC2C(=O)NC2CCN(c3ncnc4c3CCCC4)CC2)c1. The van der Waals surface area contributed by atoms with E-state index in [1.807, 2.05) is 24.3 Å². The van der Waals surface area contributed by atoms with Crippen LogP contribution < -0.4 is 25.8 Å². The van der Waals surface area contributed by atoms with E-state index in [4.69, 9.17) is 4.74 Å². The molecule has 1 aromatic carbocycles. The van der Waals surface area contributed by atoms with Gasteiger partial charge in [-0.15, -0.1) is 0 Å². The summed E-state index contributed by atoms with van der Waals surface area (Å²) in [6.07, 6.45) is 8.16. The fourth-order valence-corrected chi connectivity index (χ4v) is 5.21. The Balaban J connectivity index is 1.19. The van der Waals surface area contributed by atoms with Crippen LogP contribution in [-0.2, 0) is 17.6 Å². The van der Waals surface area contributed by atoms with Gasteiger partial charge in [-0.3, -0.25) is 10.2 Å². The summed E-state index contributed by atoms with van der Waals surface area (Å²) in [7, 11) is 1.66. The topological polar surface area (TPSA) is 91.4 Å². The summed E-state index contributed by atoms with van der Waals surface area (Å²) in [5.41, 5.74) is 10.0. The average molecular weight is 437 g/mol. The number of carbonyl (C=O) groups is 1. The van der Waals surface area contributed by atoms with Crippen LogP contribution in [0.5, 0.6) is 5.75 Å². The molecule has 8 heteroatoms. The number of ether oxygens (including phenoxy) is 1. The second-order valence-corrected chi connectivity index (χ2v) is 8.99. The Morgan fingerprint density at radius 3 is 2.88 bits per heavy atom. The lowest BCUT2D eigenvalue weighted by atomic mass is 9.93. The lowest BCUT2D eigenvalue weighted by molar-refractivity contribution is -0.125. The van der Waals surface area contributed by atoms with Crippen LogP contribution in [0, 0.1) is 5.92 Å². The molecule has 1 aromatic heterocycles. The predicted octanol–water partition coefficient (Wildman–Crippen LogP) is 1.91. The van der Waals surface area contributed by atoms with Gasteiger partial charge < -0.3 is 15.0 Å². The first-order valence-electron chi connectivity index (χ1n) is 11.7. The first kappa shape index (κ1) is 21.2. The number of nitrogens with zero attached hydrogens (tertiary/aromatic N) is 3. The highest BCUT2D eigenvalue weighted by Gasteiger charge is 2.35. The Morgan fingerprint density at radius 2 is 2.03 bits per heavy atom. The fraction of sp³-hybridized carbons (Fsp3) is 0.542. The molecule has 2 aliphatic heterocycles. The molecule has 1 amide bonds. The highest BCUT2D eigenvalue weighted by Crippen LogP contribution is 2.30. The Labute approximate surface area is 189 Å². The molecule has 5 rings (SSSR count). The van der Waals surface area contributed by atoms with E-state index in [1.165, 1.54) is 24.1 Å². The second kappa shape index (κ2) is 9.42. The Morgan fingerprint density at radius 1 is 1.19 bits per heavy atom. The molecule has 0 spiro atoms. The van der Waals surface area contributed by atoms with Crippen LogP contribution in [0.15, 0.2) is 30.6 Å². The Bertz CT molecular complexity index is 959. The van der Waals surface area contributed by atoms with Crippen molar-refractivity contribution in [3.63, 3.8) is 0 Å². The molecule has 3 heterocycles. The number of hydrazine groups is 1. The Kier molecular flexibility index (Phi) is 6.23. The molecule has 2 unspecified atom stereocenters. The zero-order valence-electron chi connectivity index (χ0n) is 18.6. The summed E-state index contributed by atoms with van der Waals surface area (Å²) < 4.78 is 5.35. The predicted molar refractivity (Wildman–Crippen MR) is 122 cm³/mol. The molecule has 0 bridgehead atoms. The van der Waals surface area contributed by atoms with E-state index in [-0.39, 0.29) is 23.9 Å². The van der Waals surface area contributed by atoms with Gasteiger partial charge in [-0.05, 0) is 56.2 Å². The Hall–Kier alpha value is -2.71.